The topological polar surface area (TPSA) is 110 Å². The number of halogens is 11. The molecule has 0 aliphatic carbocycles. The van der Waals surface area contributed by atoms with Gasteiger partial charge >= 0.3 is 7.12 Å². The van der Waals surface area contributed by atoms with Crippen molar-refractivity contribution in [3.8, 4) is 11.1 Å². The molecule has 0 amide bonds. The predicted octanol–water partition coefficient (Wildman–Crippen LogP) is 7.54. The fourth-order valence-corrected chi connectivity index (χ4v) is 7.76. The largest absolute Gasteiger partial charge is 0.491 e. The van der Waals surface area contributed by atoms with Crippen LogP contribution in [0.5, 0.6) is 0 Å². The molecule has 0 bridgehead atoms. The summed E-state index contributed by atoms with van der Waals surface area (Å²) < 4.78 is 136. The van der Waals surface area contributed by atoms with Crippen LogP contribution in [-0.2, 0) is 48.4 Å². The lowest BCUT2D eigenvalue weighted by molar-refractivity contribution is -0.123. The van der Waals surface area contributed by atoms with Crippen LogP contribution in [-0.4, -0.2) is 48.3 Å². The van der Waals surface area contributed by atoms with E-state index in [1.165, 1.54) is 12.3 Å². The molecule has 0 fully saturated rings. The molecule has 62 heavy (non-hydrogen) atoms. The summed E-state index contributed by atoms with van der Waals surface area (Å²) in [7, 11) is -1.89. The van der Waals surface area contributed by atoms with Crippen molar-refractivity contribution >= 4 is 46.7 Å². The highest BCUT2D eigenvalue weighted by atomic mass is 127. The van der Waals surface area contributed by atoms with E-state index in [1.54, 1.807) is 10.9 Å². The molecule has 8 nitrogen and oxygen atoms in total. The molecule has 8 rings (SSSR count). The second-order valence-electron chi connectivity index (χ2n) is 14.5. The van der Waals surface area contributed by atoms with E-state index in [-0.39, 0.29) is 58.9 Å². The minimum absolute atomic E-state index is 0.0512. The molecular formula is C42H32BF10IN4O4. The third-order valence-electron chi connectivity index (χ3n) is 10.3. The van der Waals surface area contributed by atoms with Gasteiger partial charge in [0.15, 0.2) is 34.9 Å². The molecule has 4 heterocycles. The highest BCUT2D eigenvalue weighted by Gasteiger charge is 2.30. The second-order valence-corrected chi connectivity index (χ2v) is 15.6. The third-order valence-corrected chi connectivity index (χ3v) is 11.2. The molecule has 2 aromatic heterocycles. The van der Waals surface area contributed by atoms with Gasteiger partial charge in [0.05, 0.1) is 21.7 Å². The summed E-state index contributed by atoms with van der Waals surface area (Å²) in [6.07, 6.45) is 4.84. The Kier molecular flexibility index (Phi) is 14.7. The van der Waals surface area contributed by atoms with Gasteiger partial charge in [-0.05, 0) is 95.4 Å². The van der Waals surface area contributed by atoms with Gasteiger partial charge in [0.25, 0.3) is 0 Å². The maximum Gasteiger partial charge on any atom is 0.491 e. The van der Waals surface area contributed by atoms with Crippen molar-refractivity contribution in [2.75, 3.05) is 0 Å². The zero-order chi connectivity index (χ0) is 45.0. The first-order valence-corrected chi connectivity index (χ1v) is 19.8. The number of aryl methyl sites for hydroxylation is 2. The summed E-state index contributed by atoms with van der Waals surface area (Å²) in [6.45, 7) is 1.07. The molecule has 2 aliphatic rings. The van der Waals surface area contributed by atoms with Crippen LogP contribution in [0.15, 0.2) is 73.1 Å². The summed E-state index contributed by atoms with van der Waals surface area (Å²) in [6, 6.07) is 9.15. The van der Waals surface area contributed by atoms with Crippen molar-refractivity contribution in [3.05, 3.63) is 157 Å². The quantitative estimate of drug-likeness (QED) is 0.0707. The predicted molar refractivity (Wildman–Crippen MR) is 212 cm³/mol. The first-order valence-electron chi connectivity index (χ1n) is 18.7. The van der Waals surface area contributed by atoms with E-state index in [1.807, 2.05) is 4.68 Å². The molecule has 0 saturated carbocycles. The van der Waals surface area contributed by atoms with Gasteiger partial charge < -0.3 is 10.0 Å². The summed E-state index contributed by atoms with van der Waals surface area (Å²) in [5, 5.41) is 25.4. The lowest BCUT2D eigenvalue weighted by Crippen LogP contribution is -2.32. The Labute approximate surface area is 360 Å². The monoisotopic (exact) mass is 984 g/mol. The molecular weight excluding hydrogens is 952 g/mol. The van der Waals surface area contributed by atoms with Crippen LogP contribution in [0.25, 0.3) is 11.1 Å². The Hall–Kier alpha value is -5.35. The summed E-state index contributed by atoms with van der Waals surface area (Å²) in [4.78, 5) is 25.0. The minimum Gasteiger partial charge on any atom is -0.423 e. The molecule has 2 aliphatic heterocycles. The van der Waals surface area contributed by atoms with Gasteiger partial charge in [-0.1, -0.05) is 6.07 Å². The van der Waals surface area contributed by atoms with Crippen LogP contribution >= 0.6 is 22.6 Å². The first-order chi connectivity index (χ1) is 29.4. The Balaban J connectivity index is 0.000000171. The molecule has 324 valence electrons. The highest BCUT2D eigenvalue weighted by molar-refractivity contribution is 14.1. The summed E-state index contributed by atoms with van der Waals surface area (Å²) in [5.41, 5.74) is 2.19. The van der Waals surface area contributed by atoms with E-state index in [4.69, 9.17) is 10.0 Å². The number of carbonyl (C=O) groups is 2. The van der Waals surface area contributed by atoms with E-state index in [0.29, 0.717) is 49.7 Å². The summed E-state index contributed by atoms with van der Waals surface area (Å²) in [5.74, 6) is -12.4. The molecule has 2 atom stereocenters. The first kappa shape index (κ1) is 46.2. The molecule has 2 N–H and O–H groups in total. The summed E-state index contributed by atoms with van der Waals surface area (Å²) >= 11 is 2.17. The second kappa shape index (κ2) is 19.8. The van der Waals surface area contributed by atoms with Crippen LogP contribution in [0.2, 0.25) is 0 Å². The van der Waals surface area contributed by atoms with Crippen LogP contribution in [0.4, 0.5) is 43.9 Å². The van der Waals surface area contributed by atoms with Gasteiger partial charge in [-0.2, -0.15) is 10.2 Å². The van der Waals surface area contributed by atoms with Gasteiger partial charge in [-0.3, -0.25) is 19.0 Å². The van der Waals surface area contributed by atoms with Gasteiger partial charge in [-0.15, -0.1) is 0 Å². The van der Waals surface area contributed by atoms with E-state index in [9.17, 15) is 53.5 Å². The number of fused-ring (bicyclic) bond motifs is 2. The highest BCUT2D eigenvalue weighted by Crippen LogP contribution is 2.33. The number of benzene rings is 4. The zero-order valence-corrected chi connectivity index (χ0v) is 34.1. The zero-order valence-electron chi connectivity index (χ0n) is 32.0. The van der Waals surface area contributed by atoms with Gasteiger partial charge in [0.1, 0.15) is 34.8 Å². The lowest BCUT2D eigenvalue weighted by atomic mass is 9.80. The Morgan fingerprint density at radius 3 is 1.53 bits per heavy atom. The number of rotatable bonds is 8. The number of nitrogens with zero attached hydrogens (tertiary/aromatic N) is 4. The van der Waals surface area contributed by atoms with Gasteiger partial charge in [0.2, 0.25) is 0 Å². The normalized spacial score (nSPS) is 15.4. The Morgan fingerprint density at radius 2 is 1.05 bits per heavy atom. The van der Waals surface area contributed by atoms with E-state index in [0.717, 1.165) is 57.8 Å². The van der Waals surface area contributed by atoms with Crippen molar-refractivity contribution in [1.29, 1.82) is 0 Å². The molecule has 4 aromatic carbocycles. The minimum atomic E-state index is -1.89. The number of carbonyl (C=O) groups excluding carboxylic acids is 2. The van der Waals surface area contributed by atoms with Crippen LogP contribution in [0, 0.1) is 73.6 Å². The van der Waals surface area contributed by atoms with Crippen molar-refractivity contribution in [2.24, 2.45) is 11.8 Å². The van der Waals surface area contributed by atoms with E-state index in [2.05, 4.69) is 32.8 Å². The molecule has 20 heteroatoms. The molecule has 0 saturated heterocycles. The lowest BCUT2D eigenvalue weighted by Gasteiger charge is -2.23. The SMILES string of the molecule is O=C(Cc1cc(F)c(F)c(F)c1)C1CCn2ncc(-c3ccc(F)cc3F)c2C1.O=C(Cc1cc(F)c(F)c(F)c1)C1CCn2ncc(I)c2C1.OB(O)c1ccc(F)cc1F. The number of hydrogen-bond donors (Lipinski definition) is 2. The third kappa shape index (κ3) is 10.8. The fourth-order valence-electron chi connectivity index (χ4n) is 7.13. The standard InChI is InChI=1S/C21H15F5N2O.C15H12F3IN2O.C6H5BF2O2/c22-13-1-2-14(16(23)9-13)15-10-27-28-4-3-12(8-19(15)28)20(29)7-11-5-17(24)21(26)18(25)6-11;16-10-3-8(4-11(17)15(10)18)5-14(22)9-1-2-21-13(6-9)12(19)7-20-21;8-4-1-2-5(7(10)11)6(9)3-4/h1-2,5-6,9-10,12H,3-4,7-8H2;3-4,7,9H,1-2,5-6H2;1-3,10-11H. The van der Waals surface area contributed by atoms with Crippen molar-refractivity contribution in [3.63, 3.8) is 0 Å². The smallest absolute Gasteiger partial charge is 0.423 e. The van der Waals surface area contributed by atoms with Crippen LogP contribution < -0.4 is 5.46 Å². The van der Waals surface area contributed by atoms with E-state index >= 15 is 0 Å². The Bertz CT molecular complexity index is 2600. The molecule has 0 radical (unpaired) electrons. The van der Waals surface area contributed by atoms with Crippen molar-refractivity contribution in [1.82, 2.24) is 19.6 Å². The average Bonchev–Trinajstić information content (AvgIpc) is 3.81. The molecule has 2 unspecified atom stereocenters. The average molecular weight is 984 g/mol. The fraction of sp³-hybridized carbons (Fsp3) is 0.238. The van der Waals surface area contributed by atoms with Crippen molar-refractivity contribution in [2.45, 2.75) is 51.6 Å². The van der Waals surface area contributed by atoms with Crippen LogP contribution in [0.3, 0.4) is 0 Å². The molecule has 6 aromatic rings. The van der Waals surface area contributed by atoms with Gasteiger partial charge in [0, 0.05) is 78.6 Å². The van der Waals surface area contributed by atoms with Crippen LogP contribution in [0.1, 0.15) is 35.4 Å². The number of aromatic nitrogens is 4. The maximum atomic E-state index is 14.2. The maximum absolute atomic E-state index is 14.2. The van der Waals surface area contributed by atoms with Gasteiger partial charge in [-0.25, -0.2) is 43.9 Å². The van der Waals surface area contributed by atoms with Crippen molar-refractivity contribution < 1.29 is 63.5 Å². The number of ketones is 2. The Morgan fingerprint density at radius 1 is 0.597 bits per heavy atom. The number of Topliss-reactive ketones (excluding diaryl/α,β-unsaturated/α-hetero) is 2. The van der Waals surface area contributed by atoms with E-state index < -0.39 is 71.2 Å². The molecule has 0 spiro atoms. The number of hydrogen-bond acceptors (Lipinski definition) is 6.